The zero-order chi connectivity index (χ0) is 27.3. The Bertz CT molecular complexity index is 1110. The van der Waals surface area contributed by atoms with Crippen molar-refractivity contribution in [2.45, 2.75) is 52.7 Å². The fourth-order valence-corrected chi connectivity index (χ4v) is 3.62. The standard InChI is InChI=1S/C23H29BrO5.C7H6O/c1-6-26-22(25)23(4,5)29-20-10-8-19(9-11-20)27-14-13-17(3)28-21-12-7-18(24)15-16(21)2;8-6-7-4-2-1-3-5-7/h7-12,15,17H,6,13-14H2,1-5H3;1-6H. The summed E-state index contributed by atoms with van der Waals surface area (Å²) in [5.74, 6) is 1.80. The number of aryl methyl sites for hydroxylation is 1. The first kappa shape index (κ1) is 29.9. The van der Waals surface area contributed by atoms with Gasteiger partial charge < -0.3 is 18.9 Å². The Hall–Kier alpha value is -3.32. The van der Waals surface area contributed by atoms with Crippen molar-refractivity contribution in [2.75, 3.05) is 13.2 Å². The van der Waals surface area contributed by atoms with Gasteiger partial charge in [0.2, 0.25) is 0 Å². The average Bonchev–Trinajstić information content (AvgIpc) is 2.87. The molecule has 0 spiro atoms. The van der Waals surface area contributed by atoms with Gasteiger partial charge >= 0.3 is 5.97 Å². The molecule has 0 saturated heterocycles. The number of carbonyl (C=O) groups is 2. The van der Waals surface area contributed by atoms with Crippen LogP contribution in [0.25, 0.3) is 0 Å². The SMILES string of the molecule is CCOC(=O)C(C)(C)Oc1ccc(OCCC(C)Oc2ccc(Br)cc2C)cc1.O=Cc1ccccc1. The highest BCUT2D eigenvalue weighted by Gasteiger charge is 2.31. The molecule has 1 atom stereocenters. The molecule has 0 radical (unpaired) electrons. The molecular formula is C30H35BrO6. The maximum absolute atomic E-state index is 11.9. The van der Waals surface area contributed by atoms with Crippen LogP contribution in [0.5, 0.6) is 17.2 Å². The lowest BCUT2D eigenvalue weighted by atomic mass is 10.1. The molecule has 198 valence electrons. The number of rotatable bonds is 11. The average molecular weight is 572 g/mol. The van der Waals surface area contributed by atoms with Gasteiger partial charge in [0, 0.05) is 16.5 Å². The van der Waals surface area contributed by atoms with E-state index < -0.39 is 11.6 Å². The number of hydrogen-bond acceptors (Lipinski definition) is 6. The molecule has 3 aromatic rings. The van der Waals surface area contributed by atoms with Crippen LogP contribution in [0, 0.1) is 6.92 Å². The van der Waals surface area contributed by atoms with E-state index in [1.165, 1.54) is 0 Å². The predicted octanol–water partition coefficient (Wildman–Crippen LogP) is 7.21. The van der Waals surface area contributed by atoms with E-state index in [1.807, 2.05) is 62.4 Å². The van der Waals surface area contributed by atoms with Crippen LogP contribution in [-0.2, 0) is 9.53 Å². The van der Waals surface area contributed by atoms with E-state index in [9.17, 15) is 9.59 Å². The molecule has 37 heavy (non-hydrogen) atoms. The molecular weight excluding hydrogens is 536 g/mol. The van der Waals surface area contributed by atoms with Gasteiger partial charge in [-0.05, 0) is 82.6 Å². The maximum Gasteiger partial charge on any atom is 0.349 e. The van der Waals surface area contributed by atoms with Crippen LogP contribution in [0.4, 0.5) is 0 Å². The molecule has 0 bridgehead atoms. The van der Waals surface area contributed by atoms with Crippen molar-refractivity contribution < 1.29 is 28.5 Å². The van der Waals surface area contributed by atoms with E-state index >= 15 is 0 Å². The highest BCUT2D eigenvalue weighted by atomic mass is 79.9. The first-order valence-corrected chi connectivity index (χ1v) is 13.0. The van der Waals surface area contributed by atoms with Crippen molar-refractivity contribution in [1.82, 2.24) is 0 Å². The highest BCUT2D eigenvalue weighted by molar-refractivity contribution is 9.10. The Morgan fingerprint density at radius 3 is 2.22 bits per heavy atom. The molecule has 6 nitrogen and oxygen atoms in total. The summed E-state index contributed by atoms with van der Waals surface area (Å²) in [5, 5.41) is 0. The Morgan fingerprint density at radius 1 is 1.00 bits per heavy atom. The number of hydrogen-bond donors (Lipinski definition) is 0. The first-order valence-electron chi connectivity index (χ1n) is 12.2. The van der Waals surface area contributed by atoms with E-state index in [0.29, 0.717) is 19.0 Å². The molecule has 0 saturated carbocycles. The minimum atomic E-state index is -1.05. The Kier molecular flexibility index (Phi) is 12.2. The summed E-state index contributed by atoms with van der Waals surface area (Å²) >= 11 is 3.46. The summed E-state index contributed by atoms with van der Waals surface area (Å²) in [6.45, 7) is 10.0. The monoisotopic (exact) mass is 570 g/mol. The fourth-order valence-electron chi connectivity index (χ4n) is 3.14. The quantitative estimate of drug-likeness (QED) is 0.179. The lowest BCUT2D eigenvalue weighted by Gasteiger charge is -2.24. The third-order valence-corrected chi connectivity index (χ3v) is 5.65. The second kappa shape index (κ2) is 15.1. The van der Waals surface area contributed by atoms with Gasteiger partial charge in [-0.25, -0.2) is 4.79 Å². The maximum atomic E-state index is 11.9. The first-order chi connectivity index (χ1) is 17.6. The summed E-state index contributed by atoms with van der Waals surface area (Å²) < 4.78 is 23.6. The van der Waals surface area contributed by atoms with Crippen molar-refractivity contribution in [3.63, 3.8) is 0 Å². The second-order valence-corrected chi connectivity index (χ2v) is 9.72. The van der Waals surface area contributed by atoms with Crippen molar-refractivity contribution in [2.24, 2.45) is 0 Å². The van der Waals surface area contributed by atoms with Gasteiger partial charge in [0.1, 0.15) is 23.5 Å². The summed E-state index contributed by atoms with van der Waals surface area (Å²) in [4.78, 5) is 21.9. The van der Waals surface area contributed by atoms with Crippen molar-refractivity contribution >= 4 is 28.2 Å². The fraction of sp³-hybridized carbons (Fsp3) is 0.333. The molecule has 3 rings (SSSR count). The zero-order valence-corrected chi connectivity index (χ0v) is 23.6. The van der Waals surface area contributed by atoms with Crippen LogP contribution in [-0.4, -0.2) is 37.2 Å². The highest BCUT2D eigenvalue weighted by Crippen LogP contribution is 2.25. The number of aldehydes is 1. The summed E-state index contributed by atoms with van der Waals surface area (Å²) in [7, 11) is 0. The van der Waals surface area contributed by atoms with Crippen molar-refractivity contribution in [3.05, 3.63) is 88.4 Å². The van der Waals surface area contributed by atoms with E-state index in [1.54, 1.807) is 45.0 Å². The van der Waals surface area contributed by atoms with Crippen LogP contribution in [0.15, 0.2) is 77.3 Å². The molecule has 0 aromatic heterocycles. The third-order valence-electron chi connectivity index (χ3n) is 5.16. The topological polar surface area (TPSA) is 71.1 Å². The van der Waals surface area contributed by atoms with Crippen LogP contribution < -0.4 is 14.2 Å². The molecule has 0 aliphatic carbocycles. The smallest absolute Gasteiger partial charge is 0.349 e. The van der Waals surface area contributed by atoms with Gasteiger partial charge in [0.15, 0.2) is 5.60 Å². The molecule has 0 fully saturated rings. The van der Waals surface area contributed by atoms with Crippen molar-refractivity contribution in [3.8, 4) is 17.2 Å². The number of carbonyl (C=O) groups excluding carboxylic acids is 2. The molecule has 3 aromatic carbocycles. The summed E-state index contributed by atoms with van der Waals surface area (Å²) in [6, 6.07) is 22.3. The number of halogens is 1. The van der Waals surface area contributed by atoms with Crippen molar-refractivity contribution in [1.29, 1.82) is 0 Å². The van der Waals surface area contributed by atoms with Gasteiger partial charge in [-0.2, -0.15) is 0 Å². The van der Waals surface area contributed by atoms with Crippen LogP contribution in [0.1, 0.15) is 50.0 Å². The predicted molar refractivity (Wildman–Crippen MR) is 149 cm³/mol. The Morgan fingerprint density at radius 2 is 1.65 bits per heavy atom. The van der Waals surface area contributed by atoms with E-state index in [2.05, 4.69) is 15.9 Å². The molecule has 0 aliphatic rings. The van der Waals surface area contributed by atoms with Gasteiger partial charge in [0.05, 0.1) is 19.3 Å². The molecule has 0 N–H and O–H groups in total. The van der Waals surface area contributed by atoms with Gasteiger partial charge in [0.25, 0.3) is 0 Å². The minimum Gasteiger partial charge on any atom is -0.493 e. The van der Waals surface area contributed by atoms with E-state index in [-0.39, 0.29) is 6.10 Å². The third kappa shape index (κ3) is 10.7. The Labute approximate surface area is 228 Å². The van der Waals surface area contributed by atoms with Gasteiger partial charge in [-0.1, -0.05) is 46.3 Å². The number of ether oxygens (including phenoxy) is 4. The van der Waals surface area contributed by atoms with E-state index in [0.717, 1.165) is 39.8 Å². The molecule has 7 heteroatoms. The molecule has 0 amide bonds. The zero-order valence-electron chi connectivity index (χ0n) is 22.0. The number of benzene rings is 3. The van der Waals surface area contributed by atoms with Gasteiger partial charge in [-0.3, -0.25) is 4.79 Å². The van der Waals surface area contributed by atoms with Crippen LogP contribution >= 0.6 is 15.9 Å². The van der Waals surface area contributed by atoms with Crippen LogP contribution in [0.2, 0.25) is 0 Å². The Balaban J connectivity index is 0.000000510. The molecule has 0 heterocycles. The minimum absolute atomic E-state index is 0.0304. The lowest BCUT2D eigenvalue weighted by molar-refractivity contribution is -0.158. The molecule has 1 unspecified atom stereocenters. The number of esters is 1. The summed E-state index contributed by atoms with van der Waals surface area (Å²) in [5.41, 5.74) is 0.775. The van der Waals surface area contributed by atoms with Gasteiger partial charge in [-0.15, -0.1) is 0 Å². The largest absolute Gasteiger partial charge is 0.493 e. The normalized spacial score (nSPS) is 11.4. The summed E-state index contributed by atoms with van der Waals surface area (Å²) in [6.07, 6.45) is 1.62. The van der Waals surface area contributed by atoms with E-state index in [4.69, 9.17) is 18.9 Å². The second-order valence-electron chi connectivity index (χ2n) is 8.81. The molecule has 0 aliphatic heterocycles. The lowest BCUT2D eigenvalue weighted by Crippen LogP contribution is -2.39. The van der Waals surface area contributed by atoms with Crippen LogP contribution in [0.3, 0.4) is 0 Å².